The average Bonchev–Trinajstić information content (AvgIpc) is 2.38. The van der Waals surface area contributed by atoms with Crippen molar-refractivity contribution in [3.05, 3.63) is 18.3 Å². The summed E-state index contributed by atoms with van der Waals surface area (Å²) >= 11 is 0. The number of aromatic nitrogens is 1. The summed E-state index contributed by atoms with van der Waals surface area (Å²) in [6, 6.07) is 4.28. The van der Waals surface area contributed by atoms with Crippen LogP contribution in [0.25, 0.3) is 0 Å². The van der Waals surface area contributed by atoms with Gasteiger partial charge < -0.3 is 10.2 Å². The van der Waals surface area contributed by atoms with Gasteiger partial charge in [0.2, 0.25) is 0 Å². The standard InChI is InChI=1S/C13H21N3/c1-2-7-14-13-11-12(6-8-15-13)16-9-4-3-5-10-16/h6,8,11H,2-5,7,9-10H2,1H3,(H,14,15). The lowest BCUT2D eigenvalue weighted by atomic mass is 10.1. The van der Waals surface area contributed by atoms with Crippen molar-refractivity contribution in [1.29, 1.82) is 0 Å². The summed E-state index contributed by atoms with van der Waals surface area (Å²) < 4.78 is 0. The molecular weight excluding hydrogens is 198 g/mol. The van der Waals surface area contributed by atoms with E-state index >= 15 is 0 Å². The average molecular weight is 219 g/mol. The van der Waals surface area contributed by atoms with Crippen LogP contribution in [-0.2, 0) is 0 Å². The Labute approximate surface area is 97.9 Å². The fourth-order valence-corrected chi connectivity index (χ4v) is 2.12. The molecule has 0 aliphatic carbocycles. The lowest BCUT2D eigenvalue weighted by molar-refractivity contribution is 0.578. The highest BCUT2D eigenvalue weighted by molar-refractivity contribution is 5.54. The molecule has 1 aromatic heterocycles. The highest BCUT2D eigenvalue weighted by atomic mass is 15.1. The van der Waals surface area contributed by atoms with E-state index < -0.39 is 0 Å². The maximum Gasteiger partial charge on any atom is 0.127 e. The Morgan fingerprint density at radius 2 is 2.12 bits per heavy atom. The van der Waals surface area contributed by atoms with E-state index in [9.17, 15) is 0 Å². The molecule has 1 aromatic rings. The van der Waals surface area contributed by atoms with Gasteiger partial charge in [-0.2, -0.15) is 0 Å². The molecule has 0 radical (unpaired) electrons. The molecule has 0 saturated carbocycles. The number of hydrogen-bond donors (Lipinski definition) is 1. The first-order chi connectivity index (χ1) is 7.90. The van der Waals surface area contributed by atoms with Gasteiger partial charge in [-0.25, -0.2) is 4.98 Å². The third-order valence-corrected chi connectivity index (χ3v) is 3.02. The molecule has 0 unspecified atom stereocenters. The van der Waals surface area contributed by atoms with Gasteiger partial charge in [0, 0.05) is 37.6 Å². The van der Waals surface area contributed by atoms with Gasteiger partial charge >= 0.3 is 0 Å². The van der Waals surface area contributed by atoms with E-state index in [1.54, 1.807) is 0 Å². The van der Waals surface area contributed by atoms with Crippen LogP contribution >= 0.6 is 0 Å². The van der Waals surface area contributed by atoms with Crippen molar-refractivity contribution >= 4 is 11.5 Å². The fraction of sp³-hybridized carbons (Fsp3) is 0.615. The lowest BCUT2D eigenvalue weighted by Crippen LogP contribution is -2.29. The first-order valence-electron chi connectivity index (χ1n) is 6.35. The van der Waals surface area contributed by atoms with Gasteiger partial charge in [-0.15, -0.1) is 0 Å². The molecule has 1 aliphatic rings. The van der Waals surface area contributed by atoms with Crippen LogP contribution in [0.2, 0.25) is 0 Å². The number of anilines is 2. The molecule has 0 atom stereocenters. The SMILES string of the molecule is CCCNc1cc(N2CCCCC2)ccn1. The zero-order valence-electron chi connectivity index (χ0n) is 10.1. The first kappa shape index (κ1) is 11.2. The topological polar surface area (TPSA) is 28.2 Å². The number of piperidine rings is 1. The molecule has 16 heavy (non-hydrogen) atoms. The predicted octanol–water partition coefficient (Wildman–Crippen LogP) is 2.89. The van der Waals surface area contributed by atoms with E-state index in [2.05, 4.69) is 34.3 Å². The molecule has 2 heterocycles. The second-order valence-corrected chi connectivity index (χ2v) is 4.37. The lowest BCUT2D eigenvalue weighted by Gasteiger charge is -2.28. The van der Waals surface area contributed by atoms with Crippen molar-refractivity contribution in [1.82, 2.24) is 4.98 Å². The van der Waals surface area contributed by atoms with E-state index in [-0.39, 0.29) is 0 Å². The summed E-state index contributed by atoms with van der Waals surface area (Å²) in [5.74, 6) is 1.00. The number of nitrogens with zero attached hydrogens (tertiary/aromatic N) is 2. The smallest absolute Gasteiger partial charge is 0.127 e. The number of nitrogens with one attached hydrogen (secondary N) is 1. The second-order valence-electron chi connectivity index (χ2n) is 4.37. The van der Waals surface area contributed by atoms with Gasteiger partial charge in [-0.1, -0.05) is 6.92 Å². The molecule has 0 spiro atoms. The second kappa shape index (κ2) is 5.73. The molecule has 1 N–H and O–H groups in total. The highest BCUT2D eigenvalue weighted by Gasteiger charge is 2.11. The van der Waals surface area contributed by atoms with Crippen LogP contribution in [0.5, 0.6) is 0 Å². The first-order valence-corrected chi connectivity index (χ1v) is 6.35. The quantitative estimate of drug-likeness (QED) is 0.844. The molecule has 0 bridgehead atoms. The Morgan fingerprint density at radius 1 is 1.31 bits per heavy atom. The van der Waals surface area contributed by atoms with Crippen LogP contribution in [0.4, 0.5) is 11.5 Å². The van der Waals surface area contributed by atoms with Gasteiger partial charge in [-0.05, 0) is 31.7 Å². The zero-order valence-corrected chi connectivity index (χ0v) is 10.1. The molecular formula is C13H21N3. The van der Waals surface area contributed by atoms with Crippen LogP contribution in [0.3, 0.4) is 0 Å². The summed E-state index contributed by atoms with van der Waals surface area (Å²) in [5, 5.41) is 3.34. The van der Waals surface area contributed by atoms with Crippen LogP contribution < -0.4 is 10.2 Å². The molecule has 3 heteroatoms. The highest BCUT2D eigenvalue weighted by Crippen LogP contribution is 2.21. The Hall–Kier alpha value is -1.25. The minimum absolute atomic E-state index is 0.996. The van der Waals surface area contributed by atoms with E-state index in [0.29, 0.717) is 0 Å². The van der Waals surface area contributed by atoms with Crippen molar-refractivity contribution in [3.8, 4) is 0 Å². The van der Waals surface area contributed by atoms with E-state index in [1.807, 2.05) is 6.20 Å². The van der Waals surface area contributed by atoms with Gasteiger partial charge in [0.15, 0.2) is 0 Å². The fourth-order valence-electron chi connectivity index (χ4n) is 2.12. The largest absolute Gasteiger partial charge is 0.371 e. The van der Waals surface area contributed by atoms with Gasteiger partial charge in [-0.3, -0.25) is 0 Å². The molecule has 0 aromatic carbocycles. The molecule has 3 nitrogen and oxygen atoms in total. The van der Waals surface area contributed by atoms with E-state index in [1.165, 1.54) is 38.0 Å². The van der Waals surface area contributed by atoms with Gasteiger partial charge in [0.05, 0.1) is 0 Å². The maximum atomic E-state index is 4.33. The Kier molecular flexibility index (Phi) is 4.03. The Morgan fingerprint density at radius 3 is 2.88 bits per heavy atom. The van der Waals surface area contributed by atoms with Crippen molar-refractivity contribution < 1.29 is 0 Å². The molecule has 0 amide bonds. The number of rotatable bonds is 4. The van der Waals surface area contributed by atoms with Crippen molar-refractivity contribution in [2.45, 2.75) is 32.6 Å². The minimum Gasteiger partial charge on any atom is -0.371 e. The molecule has 88 valence electrons. The van der Waals surface area contributed by atoms with Gasteiger partial charge in [0.25, 0.3) is 0 Å². The molecule has 2 rings (SSSR count). The maximum absolute atomic E-state index is 4.33. The minimum atomic E-state index is 0.996. The third kappa shape index (κ3) is 2.87. The summed E-state index contributed by atoms with van der Waals surface area (Å²) in [7, 11) is 0. The Balaban J connectivity index is 2.02. The van der Waals surface area contributed by atoms with Crippen molar-refractivity contribution in [3.63, 3.8) is 0 Å². The molecule has 1 aliphatic heterocycles. The number of pyridine rings is 1. The normalized spacial score (nSPS) is 16.2. The summed E-state index contributed by atoms with van der Waals surface area (Å²) in [4.78, 5) is 6.79. The summed E-state index contributed by atoms with van der Waals surface area (Å²) in [6.45, 7) is 5.55. The third-order valence-electron chi connectivity index (χ3n) is 3.02. The molecule has 1 saturated heterocycles. The van der Waals surface area contributed by atoms with E-state index in [0.717, 1.165) is 18.8 Å². The zero-order chi connectivity index (χ0) is 11.2. The number of hydrogen-bond acceptors (Lipinski definition) is 3. The summed E-state index contributed by atoms with van der Waals surface area (Å²) in [5.41, 5.74) is 1.31. The van der Waals surface area contributed by atoms with Crippen molar-refractivity contribution in [2.75, 3.05) is 29.9 Å². The van der Waals surface area contributed by atoms with Crippen LogP contribution in [0, 0.1) is 0 Å². The molecule has 1 fully saturated rings. The van der Waals surface area contributed by atoms with Crippen LogP contribution in [-0.4, -0.2) is 24.6 Å². The van der Waals surface area contributed by atoms with Gasteiger partial charge in [0.1, 0.15) is 5.82 Å². The monoisotopic (exact) mass is 219 g/mol. The van der Waals surface area contributed by atoms with Crippen molar-refractivity contribution in [2.24, 2.45) is 0 Å². The van der Waals surface area contributed by atoms with E-state index in [4.69, 9.17) is 0 Å². The predicted molar refractivity (Wildman–Crippen MR) is 69.1 cm³/mol. The summed E-state index contributed by atoms with van der Waals surface area (Å²) in [6.07, 6.45) is 7.06. The van der Waals surface area contributed by atoms with Crippen LogP contribution in [0.1, 0.15) is 32.6 Å². The van der Waals surface area contributed by atoms with Crippen LogP contribution in [0.15, 0.2) is 18.3 Å². The Bertz CT molecular complexity index is 319.